The first-order valence-corrected chi connectivity index (χ1v) is 6.15. The Labute approximate surface area is 107 Å². The Kier molecular flexibility index (Phi) is 2.73. The molecular weight excluding hydrogens is 218 g/mol. The molecule has 0 spiro atoms. The number of nitrogens with one attached hydrogen (secondary N) is 1. The van der Waals surface area contributed by atoms with Gasteiger partial charge in [0.15, 0.2) is 0 Å². The quantitative estimate of drug-likeness (QED) is 0.664. The van der Waals surface area contributed by atoms with E-state index in [0.717, 1.165) is 5.69 Å². The Hall–Kier alpha value is -2.28. The fraction of sp³-hybridized carbons (Fsp3) is 0.0588. The fourth-order valence-electron chi connectivity index (χ4n) is 2.24. The summed E-state index contributed by atoms with van der Waals surface area (Å²) in [5.74, 6) is 0. The van der Waals surface area contributed by atoms with Crippen molar-refractivity contribution < 1.29 is 0 Å². The van der Waals surface area contributed by atoms with Crippen molar-refractivity contribution in [1.29, 1.82) is 0 Å². The standard InChI is InChI=1S/C17H15N/c1-13-16-10-6-5-7-14(16)11-12-17(13)18-15-8-3-2-4-9-15/h2-12,18H,1H3. The highest BCUT2D eigenvalue weighted by Crippen LogP contribution is 2.27. The smallest absolute Gasteiger partial charge is 0.0420 e. The van der Waals surface area contributed by atoms with Crippen molar-refractivity contribution in [2.45, 2.75) is 6.92 Å². The molecule has 0 fully saturated rings. The van der Waals surface area contributed by atoms with E-state index in [9.17, 15) is 0 Å². The second-order valence-corrected chi connectivity index (χ2v) is 4.45. The van der Waals surface area contributed by atoms with Gasteiger partial charge in [-0.2, -0.15) is 0 Å². The van der Waals surface area contributed by atoms with Crippen LogP contribution in [0.15, 0.2) is 66.7 Å². The van der Waals surface area contributed by atoms with E-state index in [-0.39, 0.29) is 0 Å². The highest BCUT2D eigenvalue weighted by atomic mass is 14.9. The number of para-hydroxylation sites is 1. The highest BCUT2D eigenvalue weighted by molar-refractivity contribution is 5.90. The summed E-state index contributed by atoms with van der Waals surface area (Å²) in [7, 11) is 0. The average Bonchev–Trinajstić information content (AvgIpc) is 2.43. The monoisotopic (exact) mass is 233 g/mol. The molecular formula is C17H15N. The summed E-state index contributed by atoms with van der Waals surface area (Å²) in [6.45, 7) is 2.16. The van der Waals surface area contributed by atoms with Gasteiger partial charge < -0.3 is 5.32 Å². The molecule has 0 unspecified atom stereocenters. The van der Waals surface area contributed by atoms with Gasteiger partial charge in [-0.3, -0.25) is 0 Å². The minimum absolute atomic E-state index is 1.12. The summed E-state index contributed by atoms with van der Waals surface area (Å²) in [6, 6.07) is 23.0. The van der Waals surface area contributed by atoms with Crippen LogP contribution in [0.4, 0.5) is 11.4 Å². The maximum absolute atomic E-state index is 3.46. The Bertz CT molecular complexity index is 672. The van der Waals surface area contributed by atoms with Crippen molar-refractivity contribution >= 4 is 22.1 Å². The first-order chi connectivity index (χ1) is 8.84. The molecule has 3 aromatic carbocycles. The summed E-state index contributed by atoms with van der Waals surface area (Å²) in [5.41, 5.74) is 3.58. The van der Waals surface area contributed by atoms with Crippen molar-refractivity contribution in [1.82, 2.24) is 0 Å². The molecule has 18 heavy (non-hydrogen) atoms. The van der Waals surface area contributed by atoms with Gasteiger partial charge in [-0.25, -0.2) is 0 Å². The van der Waals surface area contributed by atoms with Crippen molar-refractivity contribution in [2.75, 3.05) is 5.32 Å². The van der Waals surface area contributed by atoms with Gasteiger partial charge in [0.25, 0.3) is 0 Å². The van der Waals surface area contributed by atoms with Gasteiger partial charge in [-0.15, -0.1) is 0 Å². The number of fused-ring (bicyclic) bond motifs is 1. The predicted octanol–water partition coefficient (Wildman–Crippen LogP) is 4.89. The SMILES string of the molecule is Cc1c(Nc2ccccc2)ccc2ccccc12. The summed E-state index contributed by atoms with van der Waals surface area (Å²) in [4.78, 5) is 0. The van der Waals surface area contributed by atoms with Gasteiger partial charge in [0.1, 0.15) is 0 Å². The van der Waals surface area contributed by atoms with E-state index < -0.39 is 0 Å². The van der Waals surface area contributed by atoms with Crippen LogP contribution in [0.25, 0.3) is 10.8 Å². The third kappa shape index (κ3) is 1.95. The molecule has 1 N–H and O–H groups in total. The van der Waals surface area contributed by atoms with Crippen LogP contribution in [-0.2, 0) is 0 Å². The Morgan fingerprint density at radius 1 is 0.722 bits per heavy atom. The van der Waals surface area contributed by atoms with E-state index in [2.05, 4.69) is 60.8 Å². The van der Waals surface area contributed by atoms with Crippen molar-refractivity contribution in [3.63, 3.8) is 0 Å². The molecule has 1 heteroatoms. The number of rotatable bonds is 2. The van der Waals surface area contributed by atoms with Gasteiger partial charge in [0.05, 0.1) is 0 Å². The molecule has 0 aromatic heterocycles. The topological polar surface area (TPSA) is 12.0 Å². The van der Waals surface area contributed by atoms with Gasteiger partial charge in [0, 0.05) is 11.4 Å². The molecule has 88 valence electrons. The van der Waals surface area contributed by atoms with Gasteiger partial charge in [-0.1, -0.05) is 48.5 Å². The molecule has 0 aliphatic rings. The van der Waals surface area contributed by atoms with Crippen LogP contribution in [0.2, 0.25) is 0 Å². The molecule has 0 heterocycles. The molecule has 3 rings (SSSR count). The van der Waals surface area contributed by atoms with Crippen LogP contribution >= 0.6 is 0 Å². The molecule has 0 saturated heterocycles. The largest absolute Gasteiger partial charge is 0.355 e. The third-order valence-corrected chi connectivity index (χ3v) is 3.25. The lowest BCUT2D eigenvalue weighted by molar-refractivity contribution is 1.47. The van der Waals surface area contributed by atoms with Crippen molar-refractivity contribution in [3.05, 3.63) is 72.3 Å². The summed E-state index contributed by atoms with van der Waals surface area (Å²) in [5, 5.41) is 6.05. The van der Waals surface area contributed by atoms with E-state index in [1.54, 1.807) is 0 Å². The number of hydrogen-bond acceptors (Lipinski definition) is 1. The first kappa shape index (κ1) is 10.8. The fourth-order valence-corrected chi connectivity index (χ4v) is 2.24. The minimum Gasteiger partial charge on any atom is -0.355 e. The normalized spacial score (nSPS) is 10.5. The van der Waals surface area contributed by atoms with Gasteiger partial charge >= 0.3 is 0 Å². The molecule has 0 radical (unpaired) electrons. The molecule has 0 aliphatic heterocycles. The van der Waals surface area contributed by atoms with Gasteiger partial charge in [0.2, 0.25) is 0 Å². The van der Waals surface area contributed by atoms with E-state index in [1.807, 2.05) is 18.2 Å². The molecule has 0 bridgehead atoms. The second kappa shape index (κ2) is 4.53. The van der Waals surface area contributed by atoms with E-state index in [0.29, 0.717) is 0 Å². The van der Waals surface area contributed by atoms with Crippen LogP contribution in [0.3, 0.4) is 0 Å². The maximum Gasteiger partial charge on any atom is 0.0420 e. The zero-order valence-electron chi connectivity index (χ0n) is 10.4. The predicted molar refractivity (Wildman–Crippen MR) is 78.4 cm³/mol. The molecule has 0 atom stereocenters. The second-order valence-electron chi connectivity index (χ2n) is 4.45. The van der Waals surface area contributed by atoms with E-state index >= 15 is 0 Å². The summed E-state index contributed by atoms with van der Waals surface area (Å²) < 4.78 is 0. The highest BCUT2D eigenvalue weighted by Gasteiger charge is 2.02. The number of anilines is 2. The van der Waals surface area contributed by atoms with Crippen LogP contribution in [0.1, 0.15) is 5.56 Å². The zero-order chi connectivity index (χ0) is 12.4. The van der Waals surface area contributed by atoms with Gasteiger partial charge in [-0.05, 0) is 41.5 Å². The lowest BCUT2D eigenvalue weighted by Crippen LogP contribution is -1.93. The van der Waals surface area contributed by atoms with Crippen LogP contribution in [0, 0.1) is 6.92 Å². The van der Waals surface area contributed by atoms with Crippen LogP contribution in [0.5, 0.6) is 0 Å². The molecule has 0 saturated carbocycles. The summed E-state index contributed by atoms with van der Waals surface area (Å²) >= 11 is 0. The first-order valence-electron chi connectivity index (χ1n) is 6.15. The van der Waals surface area contributed by atoms with Crippen molar-refractivity contribution in [3.8, 4) is 0 Å². The Morgan fingerprint density at radius 3 is 2.28 bits per heavy atom. The molecule has 0 amide bonds. The zero-order valence-corrected chi connectivity index (χ0v) is 10.4. The number of hydrogen-bond donors (Lipinski definition) is 1. The average molecular weight is 233 g/mol. The van der Waals surface area contributed by atoms with E-state index in [1.165, 1.54) is 22.0 Å². The van der Waals surface area contributed by atoms with Crippen molar-refractivity contribution in [2.24, 2.45) is 0 Å². The van der Waals surface area contributed by atoms with Crippen LogP contribution < -0.4 is 5.32 Å². The maximum atomic E-state index is 3.46. The lowest BCUT2D eigenvalue weighted by atomic mass is 10.0. The Morgan fingerprint density at radius 2 is 1.44 bits per heavy atom. The van der Waals surface area contributed by atoms with E-state index in [4.69, 9.17) is 0 Å². The number of aryl methyl sites for hydroxylation is 1. The summed E-state index contributed by atoms with van der Waals surface area (Å²) in [6.07, 6.45) is 0. The lowest BCUT2D eigenvalue weighted by Gasteiger charge is -2.11. The molecule has 0 aliphatic carbocycles. The third-order valence-electron chi connectivity index (χ3n) is 3.25. The molecule has 3 aromatic rings. The Balaban J connectivity index is 2.05. The molecule has 1 nitrogen and oxygen atoms in total. The minimum atomic E-state index is 1.12. The van der Waals surface area contributed by atoms with Crippen LogP contribution in [-0.4, -0.2) is 0 Å². The number of benzene rings is 3.